The third-order valence-electron chi connectivity index (χ3n) is 6.22. The lowest BCUT2D eigenvalue weighted by Gasteiger charge is -2.28. The minimum Gasteiger partial charge on any atom is -0.438 e. The van der Waals surface area contributed by atoms with Crippen LogP contribution in [-0.2, 0) is 0 Å². The van der Waals surface area contributed by atoms with Crippen molar-refractivity contribution in [3.8, 4) is 0 Å². The maximum atomic E-state index is 5.99. The third-order valence-corrected chi connectivity index (χ3v) is 6.22. The van der Waals surface area contributed by atoms with Crippen LogP contribution in [0.1, 0.15) is 37.3 Å². The Morgan fingerprint density at radius 1 is 0.882 bits per heavy atom. The van der Waals surface area contributed by atoms with Crippen molar-refractivity contribution in [2.45, 2.75) is 40.0 Å². The van der Waals surface area contributed by atoms with Crippen molar-refractivity contribution in [1.29, 1.82) is 0 Å². The SMILES string of the molecule is CCCCC(=Nc1ccccc1C)N(c1ccc2oc3ncccc3c2c1)c1ccccc1C. The highest BCUT2D eigenvalue weighted by Gasteiger charge is 2.20. The van der Waals surface area contributed by atoms with Crippen LogP contribution in [0.3, 0.4) is 0 Å². The first-order valence-electron chi connectivity index (χ1n) is 11.9. The number of unbranched alkanes of at least 4 members (excludes halogenated alkanes) is 1. The van der Waals surface area contributed by atoms with Gasteiger partial charge in [0.25, 0.3) is 0 Å². The fourth-order valence-electron chi connectivity index (χ4n) is 4.36. The van der Waals surface area contributed by atoms with Gasteiger partial charge in [-0.2, -0.15) is 0 Å². The Kier molecular flexibility index (Phi) is 6.13. The molecule has 5 rings (SSSR count). The highest BCUT2D eigenvalue weighted by Crippen LogP contribution is 2.36. The van der Waals surface area contributed by atoms with Gasteiger partial charge in [-0.05, 0) is 73.9 Å². The van der Waals surface area contributed by atoms with Gasteiger partial charge in [-0.3, -0.25) is 4.90 Å². The van der Waals surface area contributed by atoms with Crippen molar-refractivity contribution in [1.82, 2.24) is 4.98 Å². The molecule has 3 aromatic carbocycles. The molecular weight excluding hydrogens is 418 g/mol. The normalized spacial score (nSPS) is 11.9. The average molecular weight is 448 g/mol. The van der Waals surface area contributed by atoms with E-state index in [0.29, 0.717) is 5.71 Å². The van der Waals surface area contributed by atoms with Crippen LogP contribution < -0.4 is 4.90 Å². The summed E-state index contributed by atoms with van der Waals surface area (Å²) in [6, 6.07) is 27.2. The van der Waals surface area contributed by atoms with Gasteiger partial charge in [0.05, 0.1) is 11.4 Å². The number of anilines is 2. The summed E-state index contributed by atoms with van der Waals surface area (Å²) >= 11 is 0. The number of hydrogen-bond acceptors (Lipinski definition) is 3. The van der Waals surface area contributed by atoms with Gasteiger partial charge in [0.2, 0.25) is 5.71 Å². The maximum absolute atomic E-state index is 5.99. The molecule has 0 unspecified atom stereocenters. The highest BCUT2D eigenvalue weighted by atomic mass is 16.3. The number of benzene rings is 3. The monoisotopic (exact) mass is 447 g/mol. The molecule has 0 N–H and O–H groups in total. The molecule has 4 heteroatoms. The van der Waals surface area contributed by atoms with Crippen LogP contribution in [0.25, 0.3) is 22.1 Å². The molecule has 2 aromatic heterocycles. The van der Waals surface area contributed by atoms with Crippen molar-refractivity contribution in [2.24, 2.45) is 4.99 Å². The van der Waals surface area contributed by atoms with Crippen molar-refractivity contribution in [3.63, 3.8) is 0 Å². The van der Waals surface area contributed by atoms with Gasteiger partial charge in [-0.1, -0.05) is 49.7 Å². The van der Waals surface area contributed by atoms with Crippen LogP contribution in [0.5, 0.6) is 0 Å². The predicted octanol–water partition coefficient (Wildman–Crippen LogP) is 8.66. The van der Waals surface area contributed by atoms with Gasteiger partial charge in [0, 0.05) is 29.1 Å². The Bertz CT molecular complexity index is 1480. The van der Waals surface area contributed by atoms with Gasteiger partial charge >= 0.3 is 0 Å². The van der Waals surface area contributed by atoms with Crippen molar-refractivity contribution >= 4 is 45.0 Å². The summed E-state index contributed by atoms with van der Waals surface area (Å²) in [6.45, 7) is 6.49. The van der Waals surface area contributed by atoms with E-state index in [1.165, 1.54) is 11.1 Å². The topological polar surface area (TPSA) is 41.6 Å². The summed E-state index contributed by atoms with van der Waals surface area (Å²) in [5.41, 5.74) is 7.09. The molecule has 0 spiro atoms. The molecule has 2 heterocycles. The van der Waals surface area contributed by atoms with E-state index in [4.69, 9.17) is 9.41 Å². The molecule has 4 nitrogen and oxygen atoms in total. The summed E-state index contributed by atoms with van der Waals surface area (Å²) < 4.78 is 5.99. The summed E-state index contributed by atoms with van der Waals surface area (Å²) in [5.74, 6) is 1.04. The maximum Gasteiger partial charge on any atom is 0.227 e. The van der Waals surface area contributed by atoms with Gasteiger partial charge in [0.15, 0.2) is 0 Å². The van der Waals surface area contributed by atoms with E-state index in [2.05, 4.69) is 97.4 Å². The quantitative estimate of drug-likeness (QED) is 0.193. The highest BCUT2D eigenvalue weighted by molar-refractivity contribution is 6.10. The molecule has 0 fully saturated rings. The number of pyridine rings is 1. The minimum absolute atomic E-state index is 0.664. The fourth-order valence-corrected chi connectivity index (χ4v) is 4.36. The van der Waals surface area contributed by atoms with Crippen LogP contribution in [0.2, 0.25) is 0 Å². The number of furan rings is 1. The minimum atomic E-state index is 0.664. The third kappa shape index (κ3) is 4.19. The second kappa shape index (κ2) is 9.52. The number of amidine groups is 1. The largest absolute Gasteiger partial charge is 0.438 e. The van der Waals surface area contributed by atoms with Crippen molar-refractivity contribution in [2.75, 3.05) is 4.90 Å². The zero-order chi connectivity index (χ0) is 23.5. The second-order valence-corrected chi connectivity index (χ2v) is 8.68. The van der Waals surface area contributed by atoms with E-state index in [0.717, 1.165) is 58.5 Å². The van der Waals surface area contributed by atoms with E-state index in [1.807, 2.05) is 12.1 Å². The van der Waals surface area contributed by atoms with Crippen LogP contribution in [0.4, 0.5) is 17.1 Å². The van der Waals surface area contributed by atoms with E-state index in [1.54, 1.807) is 6.20 Å². The molecule has 34 heavy (non-hydrogen) atoms. The number of hydrogen-bond donors (Lipinski definition) is 0. The van der Waals surface area contributed by atoms with Crippen LogP contribution in [-0.4, -0.2) is 10.8 Å². The number of aromatic nitrogens is 1. The van der Waals surface area contributed by atoms with Crippen molar-refractivity contribution in [3.05, 3.63) is 96.2 Å². The zero-order valence-electron chi connectivity index (χ0n) is 20.0. The second-order valence-electron chi connectivity index (χ2n) is 8.68. The Morgan fingerprint density at radius 3 is 2.47 bits per heavy atom. The number of aryl methyl sites for hydroxylation is 2. The Labute approximate surface area is 200 Å². The molecule has 0 aliphatic carbocycles. The molecule has 170 valence electrons. The van der Waals surface area contributed by atoms with Gasteiger partial charge in [-0.15, -0.1) is 0 Å². The molecule has 0 saturated carbocycles. The Hall–Kier alpha value is -3.92. The number of aliphatic imine (C=N–C) groups is 1. The first-order chi connectivity index (χ1) is 16.7. The molecule has 0 aliphatic rings. The van der Waals surface area contributed by atoms with E-state index in [9.17, 15) is 0 Å². The van der Waals surface area contributed by atoms with Crippen LogP contribution in [0, 0.1) is 13.8 Å². The number of nitrogens with zero attached hydrogens (tertiary/aromatic N) is 3. The lowest BCUT2D eigenvalue weighted by Crippen LogP contribution is -2.26. The lowest BCUT2D eigenvalue weighted by molar-refractivity contribution is 0.654. The van der Waals surface area contributed by atoms with Crippen LogP contribution in [0.15, 0.2) is 94.5 Å². The summed E-state index contributed by atoms with van der Waals surface area (Å²) in [5, 5.41) is 2.08. The lowest BCUT2D eigenvalue weighted by atomic mass is 10.1. The fraction of sp³-hybridized carbons (Fsp3) is 0.200. The number of fused-ring (bicyclic) bond motifs is 3. The first kappa shape index (κ1) is 21.9. The van der Waals surface area contributed by atoms with E-state index < -0.39 is 0 Å². The Balaban J connectivity index is 1.74. The molecule has 0 amide bonds. The van der Waals surface area contributed by atoms with Crippen molar-refractivity contribution < 1.29 is 4.42 Å². The zero-order valence-corrected chi connectivity index (χ0v) is 20.0. The number of para-hydroxylation sites is 2. The van der Waals surface area contributed by atoms with Gasteiger partial charge < -0.3 is 4.42 Å². The predicted molar refractivity (Wildman–Crippen MR) is 143 cm³/mol. The molecule has 0 bridgehead atoms. The smallest absolute Gasteiger partial charge is 0.227 e. The van der Waals surface area contributed by atoms with E-state index >= 15 is 0 Å². The summed E-state index contributed by atoms with van der Waals surface area (Å²) in [4.78, 5) is 11.9. The first-order valence-corrected chi connectivity index (χ1v) is 11.9. The summed E-state index contributed by atoms with van der Waals surface area (Å²) in [7, 11) is 0. The molecule has 0 saturated heterocycles. The number of rotatable bonds is 6. The Morgan fingerprint density at radius 2 is 1.68 bits per heavy atom. The molecule has 0 aliphatic heterocycles. The molecule has 0 atom stereocenters. The summed E-state index contributed by atoms with van der Waals surface area (Å²) in [6.07, 6.45) is 4.81. The van der Waals surface area contributed by atoms with E-state index in [-0.39, 0.29) is 0 Å². The van der Waals surface area contributed by atoms with Gasteiger partial charge in [0.1, 0.15) is 11.4 Å². The molecular formula is C30H29N3O. The van der Waals surface area contributed by atoms with Gasteiger partial charge in [-0.25, -0.2) is 9.98 Å². The standard InChI is InChI=1S/C30H29N3O/c1-4-5-16-29(32-26-14-8-6-11-21(26)2)33(27-15-9-7-12-22(27)3)23-17-18-28-25(20-23)24-13-10-19-31-30(24)34-28/h6-15,17-20H,4-5,16H2,1-3H3. The average Bonchev–Trinajstić information content (AvgIpc) is 3.23. The van der Waals surface area contributed by atoms with Crippen LogP contribution >= 0.6 is 0 Å². The molecule has 5 aromatic rings. The molecule has 0 radical (unpaired) electrons.